The molecule has 0 aromatic rings. The number of nitrogens with zero attached hydrogens (tertiary/aromatic N) is 2. The number of likely N-dealkylation sites (N-methyl/N-ethyl adjacent to an activating group) is 2. The molecule has 1 atom stereocenters. The molecule has 0 saturated carbocycles. The monoisotopic (exact) mass is 362 g/mol. The second kappa shape index (κ2) is 39.1. The summed E-state index contributed by atoms with van der Waals surface area (Å²) < 4.78 is 0. The Hall–Kier alpha value is -0.0800. The highest BCUT2D eigenvalue weighted by molar-refractivity contribution is 4.66. The first-order valence-corrected chi connectivity index (χ1v) is 11.5. The molecule has 0 amide bonds. The molecule has 1 rings (SSSR count). The highest BCUT2D eigenvalue weighted by Gasteiger charge is 2.10. The van der Waals surface area contributed by atoms with Gasteiger partial charge in [-0.3, -0.25) is 0 Å². The Labute approximate surface area is 164 Å². The maximum absolute atomic E-state index is 2.49. The van der Waals surface area contributed by atoms with Gasteiger partial charge < -0.3 is 9.80 Å². The molecule has 0 spiro atoms. The van der Waals surface area contributed by atoms with Crippen LogP contribution in [0.4, 0.5) is 0 Å². The molecule has 160 valence electrons. The van der Waals surface area contributed by atoms with Crippen molar-refractivity contribution in [1.82, 2.24) is 9.80 Å². The second-order valence-corrected chi connectivity index (χ2v) is 5.39. The summed E-state index contributed by atoms with van der Waals surface area (Å²) in [6.07, 6.45) is 5.53. The summed E-state index contributed by atoms with van der Waals surface area (Å²) in [4.78, 5) is 4.87. The van der Waals surface area contributed by atoms with Gasteiger partial charge in [0.15, 0.2) is 0 Å². The zero-order valence-electron chi connectivity index (χ0n) is 20.8. The number of rotatable bonds is 5. The van der Waals surface area contributed by atoms with Crippen LogP contribution in [0.3, 0.4) is 0 Å². The molecule has 0 N–H and O–H groups in total. The van der Waals surface area contributed by atoms with E-state index >= 15 is 0 Å². The van der Waals surface area contributed by atoms with Crippen molar-refractivity contribution in [3.05, 3.63) is 0 Å². The van der Waals surface area contributed by atoms with Crippen molar-refractivity contribution in [1.29, 1.82) is 0 Å². The van der Waals surface area contributed by atoms with Crippen LogP contribution in [0.1, 0.15) is 109 Å². The van der Waals surface area contributed by atoms with Crippen LogP contribution < -0.4 is 0 Å². The molecular formula is C23H58N2. The third-order valence-corrected chi connectivity index (χ3v) is 3.79. The number of unbranched alkanes of at least 4 members (excludes halogenated alkanes) is 1. The first-order valence-electron chi connectivity index (χ1n) is 11.5. The Morgan fingerprint density at radius 3 is 1.40 bits per heavy atom. The van der Waals surface area contributed by atoms with Gasteiger partial charge in [0.1, 0.15) is 0 Å². The standard InChI is InChI=1S/C8H18.C7H16N2.4C2H6/c1-4-6-7-8(3)5-2;1-3-9-6-4-8(2)5-7-9;4*1-2/h8H,4-7H2,1-3H3;3-7H2,1-2H3;4*1-2H3. The molecule has 1 saturated heterocycles. The molecule has 1 aliphatic heterocycles. The summed E-state index contributed by atoms with van der Waals surface area (Å²) in [5.74, 6) is 0.954. The van der Waals surface area contributed by atoms with E-state index in [0.717, 1.165) is 5.92 Å². The van der Waals surface area contributed by atoms with Crippen LogP contribution in [0.2, 0.25) is 0 Å². The lowest BCUT2D eigenvalue weighted by Crippen LogP contribution is -2.44. The van der Waals surface area contributed by atoms with E-state index in [9.17, 15) is 0 Å². The van der Waals surface area contributed by atoms with Crippen LogP contribution in [0.15, 0.2) is 0 Å². The van der Waals surface area contributed by atoms with Crippen LogP contribution in [-0.2, 0) is 0 Å². The molecule has 0 bridgehead atoms. The third-order valence-electron chi connectivity index (χ3n) is 3.79. The smallest absolute Gasteiger partial charge is 0.0110 e. The normalized spacial score (nSPS) is 14.3. The fourth-order valence-corrected chi connectivity index (χ4v) is 1.92. The lowest BCUT2D eigenvalue weighted by Gasteiger charge is -2.31. The van der Waals surface area contributed by atoms with Gasteiger partial charge in [-0.2, -0.15) is 0 Å². The third kappa shape index (κ3) is 35.8. The SMILES string of the molecule is CC.CC.CC.CC.CCCCC(C)CC.CCN1CCN(C)CC1. The van der Waals surface area contributed by atoms with Crippen molar-refractivity contribution in [2.24, 2.45) is 5.92 Å². The first-order chi connectivity index (χ1) is 12.1. The molecule has 0 aliphatic carbocycles. The second-order valence-electron chi connectivity index (χ2n) is 5.39. The Kier molecular flexibility index (Phi) is 56.2. The molecule has 1 fully saturated rings. The Morgan fingerprint density at radius 1 is 0.720 bits per heavy atom. The van der Waals surface area contributed by atoms with Crippen LogP contribution >= 0.6 is 0 Å². The minimum absolute atomic E-state index is 0.954. The molecule has 0 aromatic heterocycles. The lowest BCUT2D eigenvalue weighted by atomic mass is 10.0. The Morgan fingerprint density at radius 2 is 1.12 bits per heavy atom. The number of hydrogen-bond acceptors (Lipinski definition) is 2. The Bertz CT molecular complexity index is 152. The quantitative estimate of drug-likeness (QED) is 0.497. The average Bonchev–Trinajstić information content (AvgIpc) is 2.73. The van der Waals surface area contributed by atoms with Gasteiger partial charge >= 0.3 is 0 Å². The zero-order valence-corrected chi connectivity index (χ0v) is 20.8. The highest BCUT2D eigenvalue weighted by atomic mass is 15.2. The molecule has 0 aromatic carbocycles. The summed E-state index contributed by atoms with van der Waals surface area (Å²) in [7, 11) is 2.19. The van der Waals surface area contributed by atoms with Crippen LogP contribution in [0.25, 0.3) is 0 Å². The van der Waals surface area contributed by atoms with Crippen molar-refractivity contribution < 1.29 is 0 Å². The number of piperazine rings is 1. The molecule has 2 nitrogen and oxygen atoms in total. The van der Waals surface area contributed by atoms with E-state index in [2.05, 4.69) is 44.5 Å². The van der Waals surface area contributed by atoms with Crippen LogP contribution in [0, 0.1) is 5.92 Å². The van der Waals surface area contributed by atoms with E-state index in [0.29, 0.717) is 0 Å². The summed E-state index contributed by atoms with van der Waals surface area (Å²) >= 11 is 0. The van der Waals surface area contributed by atoms with E-state index in [1.54, 1.807) is 0 Å². The van der Waals surface area contributed by atoms with E-state index in [-0.39, 0.29) is 0 Å². The average molecular weight is 363 g/mol. The Balaban J connectivity index is -0.0000000765. The van der Waals surface area contributed by atoms with Crippen molar-refractivity contribution in [3.63, 3.8) is 0 Å². The highest BCUT2D eigenvalue weighted by Crippen LogP contribution is 2.09. The largest absolute Gasteiger partial charge is 0.304 e. The zero-order chi connectivity index (χ0) is 21.1. The van der Waals surface area contributed by atoms with Gasteiger partial charge in [-0.1, -0.05) is 109 Å². The molecule has 0 radical (unpaired) electrons. The maximum Gasteiger partial charge on any atom is 0.0110 e. The maximum atomic E-state index is 2.49. The van der Waals surface area contributed by atoms with Gasteiger partial charge in [0.05, 0.1) is 0 Å². The van der Waals surface area contributed by atoms with Crippen molar-refractivity contribution in [3.8, 4) is 0 Å². The summed E-state index contributed by atoms with van der Waals surface area (Å²) in [6, 6.07) is 0. The van der Waals surface area contributed by atoms with E-state index in [1.807, 2.05) is 55.4 Å². The molecule has 1 aliphatic rings. The van der Waals surface area contributed by atoms with E-state index in [4.69, 9.17) is 0 Å². The van der Waals surface area contributed by atoms with Crippen molar-refractivity contribution >= 4 is 0 Å². The topological polar surface area (TPSA) is 6.48 Å². The van der Waals surface area contributed by atoms with Gasteiger partial charge in [-0.25, -0.2) is 0 Å². The fourth-order valence-electron chi connectivity index (χ4n) is 1.92. The minimum Gasteiger partial charge on any atom is -0.304 e. The van der Waals surface area contributed by atoms with Crippen LogP contribution in [0.5, 0.6) is 0 Å². The van der Waals surface area contributed by atoms with Gasteiger partial charge in [0.25, 0.3) is 0 Å². The van der Waals surface area contributed by atoms with Crippen molar-refractivity contribution in [2.45, 2.75) is 109 Å². The molecule has 1 heterocycles. The molecule has 25 heavy (non-hydrogen) atoms. The minimum atomic E-state index is 0.954. The van der Waals surface area contributed by atoms with Crippen LogP contribution in [-0.4, -0.2) is 49.6 Å². The van der Waals surface area contributed by atoms with E-state index < -0.39 is 0 Å². The predicted molar refractivity (Wildman–Crippen MR) is 124 cm³/mol. The lowest BCUT2D eigenvalue weighted by molar-refractivity contribution is 0.160. The molecular weight excluding hydrogens is 304 g/mol. The molecule has 2 heteroatoms. The van der Waals surface area contributed by atoms with Gasteiger partial charge in [0.2, 0.25) is 0 Å². The predicted octanol–water partition coefficient (Wildman–Crippen LogP) is 7.58. The summed E-state index contributed by atoms with van der Waals surface area (Å²) in [5.41, 5.74) is 0. The van der Waals surface area contributed by atoms with Gasteiger partial charge in [-0.15, -0.1) is 0 Å². The van der Waals surface area contributed by atoms with Crippen molar-refractivity contribution in [2.75, 3.05) is 39.8 Å². The van der Waals surface area contributed by atoms with Gasteiger partial charge in [-0.05, 0) is 19.5 Å². The first kappa shape index (κ1) is 35.9. The number of hydrogen-bond donors (Lipinski definition) is 0. The summed E-state index contributed by atoms with van der Waals surface area (Å²) in [5, 5.41) is 0. The fraction of sp³-hybridized carbons (Fsp3) is 1.00. The summed E-state index contributed by atoms with van der Waals surface area (Å²) in [6.45, 7) is 31.3. The molecule has 1 unspecified atom stereocenters. The van der Waals surface area contributed by atoms with Gasteiger partial charge in [0, 0.05) is 26.2 Å². The van der Waals surface area contributed by atoms with E-state index in [1.165, 1.54) is 58.4 Å².